The molecule has 1 rings (SSSR count). The minimum absolute atomic E-state index is 0.122. The van der Waals surface area contributed by atoms with Crippen LogP contribution in [-0.4, -0.2) is 24.1 Å². The van der Waals surface area contributed by atoms with E-state index in [1.165, 1.54) is 6.92 Å². The lowest BCUT2D eigenvalue weighted by atomic mass is 10.1. The van der Waals surface area contributed by atoms with Gasteiger partial charge in [0.2, 0.25) is 0 Å². The molecule has 1 heterocycles. The molecule has 2 unspecified atom stereocenters. The van der Waals surface area contributed by atoms with Crippen LogP contribution in [-0.2, 0) is 19.1 Å². The minimum atomic E-state index is -0.799. The molecule has 4 heteroatoms. The van der Waals surface area contributed by atoms with Crippen molar-refractivity contribution in [2.45, 2.75) is 45.8 Å². The Morgan fingerprint density at radius 2 is 2.12 bits per heavy atom. The number of hydrogen-bond donors (Lipinski definition) is 0. The van der Waals surface area contributed by atoms with Gasteiger partial charge in [0, 0.05) is 6.42 Å². The zero-order chi connectivity index (χ0) is 12.8. The fraction of sp³-hybridized carbons (Fsp3) is 0.538. The van der Waals surface area contributed by atoms with Gasteiger partial charge in [0.1, 0.15) is 6.10 Å². The number of ether oxygens (including phenoxy) is 2. The molecule has 0 saturated carbocycles. The van der Waals surface area contributed by atoms with Gasteiger partial charge in [0.25, 0.3) is 0 Å². The molecule has 4 nitrogen and oxygen atoms in total. The average Bonchev–Trinajstić information content (AvgIpc) is 2.35. The van der Waals surface area contributed by atoms with Crippen molar-refractivity contribution in [3.05, 3.63) is 23.8 Å². The van der Waals surface area contributed by atoms with Gasteiger partial charge < -0.3 is 9.47 Å². The lowest BCUT2D eigenvalue weighted by molar-refractivity contribution is -0.160. The van der Waals surface area contributed by atoms with Crippen molar-refractivity contribution >= 4 is 11.9 Å². The van der Waals surface area contributed by atoms with E-state index in [2.05, 4.69) is 0 Å². The fourth-order valence-electron chi connectivity index (χ4n) is 1.58. The fourth-order valence-corrected chi connectivity index (χ4v) is 1.58. The van der Waals surface area contributed by atoms with Crippen molar-refractivity contribution in [2.75, 3.05) is 0 Å². The molecule has 1 saturated heterocycles. The molecular formula is C13H18O4. The minimum Gasteiger partial charge on any atom is -0.459 e. The van der Waals surface area contributed by atoms with Crippen LogP contribution in [0.2, 0.25) is 0 Å². The van der Waals surface area contributed by atoms with E-state index in [9.17, 15) is 9.59 Å². The van der Waals surface area contributed by atoms with Crippen LogP contribution < -0.4 is 0 Å². The van der Waals surface area contributed by atoms with E-state index >= 15 is 0 Å². The van der Waals surface area contributed by atoms with Crippen molar-refractivity contribution in [3.63, 3.8) is 0 Å². The van der Waals surface area contributed by atoms with Gasteiger partial charge in [-0.2, -0.15) is 0 Å². The Morgan fingerprint density at radius 3 is 2.76 bits per heavy atom. The van der Waals surface area contributed by atoms with Gasteiger partial charge in [-0.3, -0.25) is 4.79 Å². The van der Waals surface area contributed by atoms with Gasteiger partial charge in [0.05, 0.1) is 6.42 Å². The molecule has 1 fully saturated rings. The number of hydrogen-bond acceptors (Lipinski definition) is 4. The van der Waals surface area contributed by atoms with Gasteiger partial charge in [0.15, 0.2) is 6.10 Å². The van der Waals surface area contributed by atoms with Crippen LogP contribution >= 0.6 is 0 Å². The maximum Gasteiger partial charge on any atom is 0.347 e. The van der Waals surface area contributed by atoms with E-state index in [1.807, 2.05) is 32.1 Å². The number of carbonyl (C=O) groups is 2. The molecule has 0 aromatic heterocycles. The maximum absolute atomic E-state index is 11.4. The quantitative estimate of drug-likeness (QED) is 0.558. The zero-order valence-corrected chi connectivity index (χ0v) is 10.4. The molecule has 17 heavy (non-hydrogen) atoms. The summed E-state index contributed by atoms with van der Waals surface area (Å²) < 4.78 is 10.1. The Bertz CT molecular complexity index is 354. The highest BCUT2D eigenvalue weighted by atomic mass is 16.6. The molecule has 0 bridgehead atoms. The summed E-state index contributed by atoms with van der Waals surface area (Å²) in [6, 6.07) is 0. The van der Waals surface area contributed by atoms with Gasteiger partial charge in [-0.1, -0.05) is 23.8 Å². The van der Waals surface area contributed by atoms with Gasteiger partial charge in [-0.15, -0.1) is 0 Å². The van der Waals surface area contributed by atoms with E-state index in [0.717, 1.165) is 5.57 Å². The molecular weight excluding hydrogens is 220 g/mol. The van der Waals surface area contributed by atoms with Crippen LogP contribution in [0.3, 0.4) is 0 Å². The van der Waals surface area contributed by atoms with Crippen molar-refractivity contribution in [2.24, 2.45) is 0 Å². The molecule has 0 spiro atoms. The van der Waals surface area contributed by atoms with E-state index in [4.69, 9.17) is 9.47 Å². The Kier molecular flexibility index (Phi) is 4.94. The third-order valence-corrected chi connectivity index (χ3v) is 2.44. The van der Waals surface area contributed by atoms with Crippen LogP contribution in [0.25, 0.3) is 0 Å². The topological polar surface area (TPSA) is 52.6 Å². The van der Waals surface area contributed by atoms with Crippen LogP contribution in [0, 0.1) is 0 Å². The van der Waals surface area contributed by atoms with Crippen LogP contribution in [0.1, 0.15) is 33.6 Å². The summed E-state index contributed by atoms with van der Waals surface area (Å²) in [5, 5.41) is 0. The normalized spacial score (nSPS) is 26.6. The van der Waals surface area contributed by atoms with Gasteiger partial charge in [-0.05, 0) is 20.8 Å². The molecule has 1 aliphatic heterocycles. The molecule has 0 N–H and O–H groups in total. The predicted octanol–water partition coefficient (Wildman–Crippen LogP) is 2.15. The first-order chi connectivity index (χ1) is 8.02. The molecule has 0 radical (unpaired) electrons. The van der Waals surface area contributed by atoms with Crippen molar-refractivity contribution in [1.29, 1.82) is 0 Å². The van der Waals surface area contributed by atoms with E-state index in [0.29, 0.717) is 6.42 Å². The Labute approximate surface area is 101 Å². The molecule has 2 atom stereocenters. The highest BCUT2D eigenvalue weighted by Gasteiger charge is 2.29. The summed E-state index contributed by atoms with van der Waals surface area (Å²) in [7, 11) is 0. The van der Waals surface area contributed by atoms with E-state index in [1.54, 1.807) is 0 Å². The number of allylic oxidation sites excluding steroid dienone is 3. The first-order valence-electron chi connectivity index (χ1n) is 5.71. The SMILES string of the molecule is C/C=C\C=C(/C)CC1CC(=O)OC(C)C(=O)O1. The van der Waals surface area contributed by atoms with Crippen LogP contribution in [0.4, 0.5) is 0 Å². The number of esters is 2. The lowest BCUT2D eigenvalue weighted by Gasteiger charge is -2.13. The standard InChI is InChI=1S/C13H18O4/c1-4-5-6-9(2)7-11-8-12(14)16-10(3)13(15)17-11/h4-6,10-11H,7-8H2,1-3H3/b5-4-,9-6+. The number of carbonyl (C=O) groups excluding carboxylic acids is 2. The molecule has 94 valence electrons. The average molecular weight is 238 g/mol. The summed E-state index contributed by atoms with van der Waals surface area (Å²) in [6.07, 6.45) is 5.23. The van der Waals surface area contributed by atoms with Crippen LogP contribution in [0.5, 0.6) is 0 Å². The van der Waals surface area contributed by atoms with Gasteiger partial charge in [-0.25, -0.2) is 4.79 Å². The van der Waals surface area contributed by atoms with E-state index in [-0.39, 0.29) is 12.4 Å². The highest BCUT2D eigenvalue weighted by Crippen LogP contribution is 2.17. The highest BCUT2D eigenvalue weighted by molar-refractivity contribution is 5.81. The zero-order valence-electron chi connectivity index (χ0n) is 10.4. The number of rotatable bonds is 3. The predicted molar refractivity (Wildman–Crippen MR) is 63.2 cm³/mol. The Hall–Kier alpha value is -1.58. The second-order valence-electron chi connectivity index (χ2n) is 4.14. The largest absolute Gasteiger partial charge is 0.459 e. The second-order valence-corrected chi connectivity index (χ2v) is 4.14. The second kappa shape index (κ2) is 6.23. The smallest absolute Gasteiger partial charge is 0.347 e. The summed E-state index contributed by atoms with van der Waals surface area (Å²) >= 11 is 0. The summed E-state index contributed by atoms with van der Waals surface area (Å²) in [5.74, 6) is -0.855. The maximum atomic E-state index is 11.4. The first kappa shape index (κ1) is 13.5. The molecule has 0 aliphatic carbocycles. The summed E-state index contributed by atoms with van der Waals surface area (Å²) in [5.41, 5.74) is 1.06. The molecule has 0 aromatic carbocycles. The first-order valence-corrected chi connectivity index (χ1v) is 5.71. The molecule has 1 aliphatic rings. The van der Waals surface area contributed by atoms with Crippen molar-refractivity contribution < 1.29 is 19.1 Å². The lowest BCUT2D eigenvalue weighted by Crippen LogP contribution is -2.23. The molecule has 0 aromatic rings. The molecule has 0 amide bonds. The Balaban J connectivity index is 2.64. The van der Waals surface area contributed by atoms with Gasteiger partial charge >= 0.3 is 11.9 Å². The monoisotopic (exact) mass is 238 g/mol. The summed E-state index contributed by atoms with van der Waals surface area (Å²) in [6.45, 7) is 5.38. The third-order valence-electron chi connectivity index (χ3n) is 2.44. The Morgan fingerprint density at radius 1 is 1.41 bits per heavy atom. The third kappa shape index (κ3) is 4.43. The van der Waals surface area contributed by atoms with Crippen LogP contribution in [0.15, 0.2) is 23.8 Å². The summed E-state index contributed by atoms with van der Waals surface area (Å²) in [4.78, 5) is 22.8. The van der Waals surface area contributed by atoms with Crippen molar-refractivity contribution in [1.82, 2.24) is 0 Å². The number of cyclic esters (lactones) is 2. The van der Waals surface area contributed by atoms with E-state index < -0.39 is 18.2 Å². The van der Waals surface area contributed by atoms with Crippen molar-refractivity contribution in [3.8, 4) is 0 Å².